The average Bonchev–Trinajstić information content (AvgIpc) is 2.57. The Morgan fingerprint density at radius 3 is 2.87 bits per heavy atom. The Kier molecular flexibility index (Phi) is 6.09. The Hall–Kier alpha value is -2.43. The minimum Gasteiger partial charge on any atom is -0.350 e. The molecule has 0 fully saturated rings. The molecule has 2 rings (SSSR count). The van der Waals surface area contributed by atoms with Crippen LogP contribution >= 0.6 is 0 Å². The first-order valence-corrected chi connectivity index (χ1v) is 7.98. The summed E-state index contributed by atoms with van der Waals surface area (Å²) >= 11 is 0. The van der Waals surface area contributed by atoms with E-state index in [4.69, 9.17) is 0 Å². The fraction of sp³-hybridized carbons (Fsp3) is 0.389. The molecular formula is C18H24N4O. The van der Waals surface area contributed by atoms with Crippen LogP contribution in [0.25, 0.3) is 0 Å². The first kappa shape index (κ1) is 16.9. The van der Waals surface area contributed by atoms with Crippen LogP contribution in [-0.2, 0) is 6.54 Å². The smallest absolute Gasteiger partial charge is 0.272 e. The molecule has 122 valence electrons. The summed E-state index contributed by atoms with van der Waals surface area (Å²) in [7, 11) is 1.81. The molecule has 0 saturated carbocycles. The molecule has 0 spiro atoms. The van der Waals surface area contributed by atoms with Crippen LogP contribution in [0.1, 0.15) is 41.4 Å². The molecule has 0 aliphatic rings. The van der Waals surface area contributed by atoms with Crippen LogP contribution < -0.4 is 5.32 Å². The van der Waals surface area contributed by atoms with Crippen LogP contribution in [0.3, 0.4) is 0 Å². The molecule has 0 aliphatic carbocycles. The van der Waals surface area contributed by atoms with Gasteiger partial charge in [-0.3, -0.25) is 4.79 Å². The monoisotopic (exact) mass is 312 g/mol. The van der Waals surface area contributed by atoms with Crippen molar-refractivity contribution in [2.24, 2.45) is 0 Å². The maximum atomic E-state index is 12.3. The normalized spacial score (nSPS) is 10.4. The summed E-state index contributed by atoms with van der Waals surface area (Å²) in [4.78, 5) is 22.5. The molecule has 23 heavy (non-hydrogen) atoms. The molecule has 0 unspecified atom stereocenters. The highest BCUT2D eigenvalue weighted by Crippen LogP contribution is 2.08. The van der Waals surface area contributed by atoms with Gasteiger partial charge in [-0.2, -0.15) is 0 Å². The summed E-state index contributed by atoms with van der Waals surface area (Å²) < 4.78 is 0. The summed E-state index contributed by atoms with van der Waals surface area (Å²) in [6.45, 7) is 5.54. The fourth-order valence-electron chi connectivity index (χ4n) is 2.26. The Morgan fingerprint density at radius 2 is 2.13 bits per heavy atom. The number of benzene rings is 1. The minimum absolute atomic E-state index is 0.0699. The van der Waals surface area contributed by atoms with Crippen molar-refractivity contribution in [2.45, 2.75) is 33.2 Å². The van der Waals surface area contributed by atoms with E-state index in [0.29, 0.717) is 18.2 Å². The Labute approximate surface area is 137 Å². The van der Waals surface area contributed by atoms with Gasteiger partial charge in [0.25, 0.3) is 5.91 Å². The van der Waals surface area contributed by atoms with Gasteiger partial charge in [0.05, 0.1) is 0 Å². The van der Waals surface area contributed by atoms with Gasteiger partial charge in [0.2, 0.25) is 5.95 Å². The zero-order chi connectivity index (χ0) is 16.7. The minimum atomic E-state index is -0.0699. The number of hydrogen-bond acceptors (Lipinski definition) is 4. The summed E-state index contributed by atoms with van der Waals surface area (Å²) in [5.74, 6) is 0.403. The van der Waals surface area contributed by atoms with E-state index < -0.39 is 0 Å². The summed E-state index contributed by atoms with van der Waals surface area (Å²) in [6, 6.07) is 9.90. The van der Waals surface area contributed by atoms with Crippen LogP contribution in [0.2, 0.25) is 0 Å². The predicted octanol–water partition coefficient (Wildman–Crippen LogP) is 3.27. The molecular weight excluding hydrogens is 288 g/mol. The number of rotatable bonds is 7. The zero-order valence-corrected chi connectivity index (χ0v) is 14.0. The van der Waals surface area contributed by atoms with Crippen molar-refractivity contribution < 1.29 is 4.79 Å². The first-order valence-electron chi connectivity index (χ1n) is 7.98. The number of nitrogens with one attached hydrogen (secondary N) is 1. The fourth-order valence-corrected chi connectivity index (χ4v) is 2.26. The lowest BCUT2D eigenvalue weighted by Gasteiger charge is -2.16. The Balaban J connectivity index is 2.00. The van der Waals surface area contributed by atoms with Gasteiger partial charge in [-0.15, -0.1) is 0 Å². The van der Waals surface area contributed by atoms with E-state index >= 15 is 0 Å². The van der Waals surface area contributed by atoms with Gasteiger partial charge in [0.1, 0.15) is 5.69 Å². The molecule has 5 nitrogen and oxygen atoms in total. The van der Waals surface area contributed by atoms with Crippen molar-refractivity contribution in [3.8, 4) is 0 Å². The molecule has 0 radical (unpaired) electrons. The Bertz CT molecular complexity index is 657. The average molecular weight is 312 g/mol. The zero-order valence-electron chi connectivity index (χ0n) is 14.0. The second kappa shape index (κ2) is 8.27. The highest BCUT2D eigenvalue weighted by molar-refractivity contribution is 5.92. The van der Waals surface area contributed by atoms with Crippen LogP contribution in [0.4, 0.5) is 5.95 Å². The SMILES string of the molecule is CCCCN(C)C(=O)c1ccnc(NCc2cccc(C)c2)n1. The third kappa shape index (κ3) is 5.06. The Morgan fingerprint density at radius 1 is 1.30 bits per heavy atom. The van der Waals surface area contributed by atoms with E-state index in [-0.39, 0.29) is 5.91 Å². The second-order valence-electron chi connectivity index (χ2n) is 5.69. The molecule has 1 aromatic heterocycles. The number of aromatic nitrogens is 2. The highest BCUT2D eigenvalue weighted by atomic mass is 16.2. The summed E-state index contributed by atoms with van der Waals surface area (Å²) in [5, 5.41) is 3.17. The molecule has 0 atom stereocenters. The predicted molar refractivity (Wildman–Crippen MR) is 92.4 cm³/mol. The number of amides is 1. The number of nitrogens with zero attached hydrogens (tertiary/aromatic N) is 3. The second-order valence-corrected chi connectivity index (χ2v) is 5.69. The number of carbonyl (C=O) groups is 1. The quantitative estimate of drug-likeness (QED) is 0.852. The highest BCUT2D eigenvalue weighted by Gasteiger charge is 2.13. The van der Waals surface area contributed by atoms with Crippen LogP contribution in [0, 0.1) is 6.92 Å². The van der Waals surface area contributed by atoms with Crippen molar-refractivity contribution in [3.63, 3.8) is 0 Å². The number of anilines is 1. The molecule has 0 saturated heterocycles. The van der Waals surface area contributed by atoms with Gasteiger partial charge >= 0.3 is 0 Å². The van der Waals surface area contributed by atoms with Crippen LogP contribution in [0.15, 0.2) is 36.5 Å². The van der Waals surface area contributed by atoms with E-state index in [1.807, 2.05) is 12.1 Å². The standard InChI is InChI=1S/C18H24N4O/c1-4-5-11-22(3)17(23)16-9-10-19-18(21-16)20-13-15-8-6-7-14(2)12-15/h6-10,12H,4-5,11,13H2,1-3H3,(H,19,20,21). The van der Waals surface area contributed by atoms with Gasteiger partial charge in [-0.1, -0.05) is 43.2 Å². The number of hydrogen-bond donors (Lipinski definition) is 1. The number of aryl methyl sites for hydroxylation is 1. The van der Waals surface area contributed by atoms with Gasteiger partial charge < -0.3 is 10.2 Å². The lowest BCUT2D eigenvalue weighted by atomic mass is 10.1. The van der Waals surface area contributed by atoms with E-state index in [0.717, 1.165) is 24.9 Å². The van der Waals surface area contributed by atoms with Gasteiger partial charge in [-0.25, -0.2) is 9.97 Å². The molecule has 0 aliphatic heterocycles. The topological polar surface area (TPSA) is 58.1 Å². The van der Waals surface area contributed by atoms with Crippen molar-refractivity contribution in [1.82, 2.24) is 14.9 Å². The molecule has 1 amide bonds. The first-order chi connectivity index (χ1) is 11.1. The van der Waals surface area contributed by atoms with E-state index in [2.05, 4.69) is 41.3 Å². The number of unbranched alkanes of at least 4 members (excludes halogenated alkanes) is 1. The van der Waals surface area contributed by atoms with Gasteiger partial charge in [0.15, 0.2) is 0 Å². The van der Waals surface area contributed by atoms with Crippen molar-refractivity contribution in [3.05, 3.63) is 53.3 Å². The van der Waals surface area contributed by atoms with E-state index in [1.54, 1.807) is 24.2 Å². The lowest BCUT2D eigenvalue weighted by molar-refractivity contribution is 0.0787. The van der Waals surface area contributed by atoms with Crippen LogP contribution in [0.5, 0.6) is 0 Å². The van der Waals surface area contributed by atoms with Gasteiger partial charge in [-0.05, 0) is 25.0 Å². The molecule has 1 N–H and O–H groups in total. The molecule has 1 aromatic carbocycles. The third-order valence-electron chi connectivity index (χ3n) is 3.60. The van der Waals surface area contributed by atoms with E-state index in [1.165, 1.54) is 5.56 Å². The molecule has 0 bridgehead atoms. The largest absolute Gasteiger partial charge is 0.350 e. The van der Waals surface area contributed by atoms with Crippen molar-refractivity contribution >= 4 is 11.9 Å². The van der Waals surface area contributed by atoms with E-state index in [9.17, 15) is 4.79 Å². The summed E-state index contributed by atoms with van der Waals surface area (Å²) in [5.41, 5.74) is 2.79. The van der Waals surface area contributed by atoms with Crippen molar-refractivity contribution in [1.29, 1.82) is 0 Å². The van der Waals surface area contributed by atoms with Crippen LogP contribution in [-0.4, -0.2) is 34.4 Å². The molecule has 2 aromatic rings. The number of carbonyl (C=O) groups excluding carboxylic acids is 1. The maximum Gasteiger partial charge on any atom is 0.272 e. The van der Waals surface area contributed by atoms with Gasteiger partial charge in [0, 0.05) is 26.3 Å². The maximum absolute atomic E-state index is 12.3. The van der Waals surface area contributed by atoms with Crippen molar-refractivity contribution in [2.75, 3.05) is 18.9 Å². The molecule has 5 heteroatoms. The third-order valence-corrected chi connectivity index (χ3v) is 3.60. The summed E-state index contributed by atoms with van der Waals surface area (Å²) in [6.07, 6.45) is 3.67. The molecule has 1 heterocycles. The lowest BCUT2D eigenvalue weighted by Crippen LogP contribution is -2.28.